The maximum atomic E-state index is 5.61. The lowest BCUT2D eigenvalue weighted by molar-refractivity contribution is 0.409. The van der Waals surface area contributed by atoms with Gasteiger partial charge in [-0.15, -0.1) is 0 Å². The Hall–Kier alpha value is -1.62. The van der Waals surface area contributed by atoms with Gasteiger partial charge in [-0.3, -0.25) is 0 Å². The van der Waals surface area contributed by atoms with Crippen molar-refractivity contribution in [2.45, 2.75) is 50.9 Å². The van der Waals surface area contributed by atoms with Crippen molar-refractivity contribution in [3.05, 3.63) is 23.0 Å². The molecular weight excluding hydrogens is 262 g/mol. The summed E-state index contributed by atoms with van der Waals surface area (Å²) in [7, 11) is 0. The van der Waals surface area contributed by atoms with Gasteiger partial charge in [-0.25, -0.2) is 4.98 Å². The van der Waals surface area contributed by atoms with Gasteiger partial charge in [0.2, 0.25) is 0 Å². The van der Waals surface area contributed by atoms with Gasteiger partial charge in [-0.05, 0) is 45.1 Å². The number of anilines is 1. The highest BCUT2D eigenvalue weighted by atomic mass is 15.3. The number of hydrogen-bond acceptors (Lipinski definition) is 4. The molecule has 0 saturated heterocycles. The van der Waals surface area contributed by atoms with Gasteiger partial charge < -0.3 is 11.1 Å². The summed E-state index contributed by atoms with van der Waals surface area (Å²) in [5, 5.41) is 8.41. The summed E-state index contributed by atoms with van der Waals surface area (Å²) in [5.41, 5.74) is 10.5. The third kappa shape index (κ3) is 2.20. The van der Waals surface area contributed by atoms with Crippen molar-refractivity contribution in [2.75, 3.05) is 18.4 Å². The third-order valence-corrected chi connectivity index (χ3v) is 4.84. The maximum Gasteiger partial charge on any atom is 0.157 e. The second-order valence-corrected chi connectivity index (χ2v) is 6.28. The van der Waals surface area contributed by atoms with Gasteiger partial charge in [0.05, 0.1) is 5.69 Å². The first-order valence-electron chi connectivity index (χ1n) is 8.22. The third-order valence-electron chi connectivity index (χ3n) is 4.84. The Kier molecular flexibility index (Phi) is 3.30. The molecule has 3 N–H and O–H groups in total. The van der Waals surface area contributed by atoms with Crippen LogP contribution in [0.2, 0.25) is 0 Å². The van der Waals surface area contributed by atoms with E-state index >= 15 is 0 Å². The molecule has 1 saturated carbocycles. The molecule has 0 bridgehead atoms. The molecule has 0 aliphatic heterocycles. The monoisotopic (exact) mass is 285 g/mol. The van der Waals surface area contributed by atoms with E-state index in [2.05, 4.69) is 11.4 Å². The molecule has 0 aromatic carbocycles. The molecular formula is C16H23N5. The molecule has 2 aliphatic carbocycles. The first kappa shape index (κ1) is 13.1. The number of rotatable bonds is 5. The Balaban J connectivity index is 1.76. The van der Waals surface area contributed by atoms with Gasteiger partial charge in [0.15, 0.2) is 5.65 Å². The number of aromatic nitrogens is 3. The molecule has 2 aromatic heterocycles. The zero-order valence-corrected chi connectivity index (χ0v) is 12.4. The molecule has 21 heavy (non-hydrogen) atoms. The van der Waals surface area contributed by atoms with E-state index in [1.165, 1.54) is 42.6 Å². The van der Waals surface area contributed by atoms with Crippen molar-refractivity contribution >= 4 is 11.5 Å². The summed E-state index contributed by atoms with van der Waals surface area (Å²) in [6.45, 7) is 1.62. The fourth-order valence-electron chi connectivity index (χ4n) is 3.40. The maximum absolute atomic E-state index is 5.61. The second-order valence-electron chi connectivity index (χ2n) is 6.28. The van der Waals surface area contributed by atoms with Crippen LogP contribution in [0, 0.1) is 0 Å². The highest BCUT2D eigenvalue weighted by molar-refractivity contribution is 5.57. The summed E-state index contributed by atoms with van der Waals surface area (Å²) < 4.78 is 2.04. The minimum Gasteiger partial charge on any atom is -0.370 e. The van der Waals surface area contributed by atoms with Gasteiger partial charge in [0.25, 0.3) is 0 Å². The highest BCUT2D eigenvalue weighted by Crippen LogP contribution is 2.37. The van der Waals surface area contributed by atoms with Gasteiger partial charge in [-0.2, -0.15) is 9.61 Å². The van der Waals surface area contributed by atoms with Crippen molar-refractivity contribution in [2.24, 2.45) is 5.73 Å². The minimum atomic E-state index is 0.651. The highest BCUT2D eigenvalue weighted by Gasteiger charge is 2.25. The molecule has 1 fully saturated rings. The molecule has 0 amide bonds. The zero-order valence-electron chi connectivity index (χ0n) is 12.4. The standard InChI is InChI=1S/C16H23N5/c17-8-3-9-18-16-12-6-2-7-13(12)19-15-10-14(20-21(15)16)11-4-1-5-11/h10-11,18H,1-9,17H2. The van der Waals surface area contributed by atoms with E-state index in [1.807, 2.05) is 4.52 Å². The Morgan fingerprint density at radius 2 is 2.19 bits per heavy atom. The summed E-state index contributed by atoms with van der Waals surface area (Å²) in [5.74, 6) is 1.81. The van der Waals surface area contributed by atoms with Gasteiger partial charge in [0.1, 0.15) is 5.82 Å². The van der Waals surface area contributed by atoms with E-state index in [1.54, 1.807) is 0 Å². The normalized spacial score (nSPS) is 18.0. The SMILES string of the molecule is NCCCNc1c2c(nc3cc(C4CCC4)nn13)CCC2. The van der Waals surface area contributed by atoms with E-state index in [0.717, 1.165) is 43.8 Å². The predicted molar refractivity (Wildman–Crippen MR) is 83.8 cm³/mol. The van der Waals surface area contributed by atoms with Crippen LogP contribution in [0.1, 0.15) is 55.0 Å². The van der Waals surface area contributed by atoms with Crippen LogP contribution in [0.15, 0.2) is 6.07 Å². The fraction of sp³-hybridized carbons (Fsp3) is 0.625. The number of aryl methyl sites for hydroxylation is 1. The molecule has 5 nitrogen and oxygen atoms in total. The number of nitrogens with two attached hydrogens (primary N) is 1. The second kappa shape index (κ2) is 5.30. The molecule has 2 aromatic rings. The van der Waals surface area contributed by atoms with Crippen LogP contribution < -0.4 is 11.1 Å². The first-order chi connectivity index (χ1) is 10.4. The summed E-state index contributed by atoms with van der Waals surface area (Å²) in [6, 6.07) is 2.19. The van der Waals surface area contributed by atoms with Crippen molar-refractivity contribution in [1.82, 2.24) is 14.6 Å². The minimum absolute atomic E-state index is 0.651. The lowest BCUT2D eigenvalue weighted by atomic mass is 9.83. The summed E-state index contributed by atoms with van der Waals surface area (Å²) in [4.78, 5) is 4.84. The van der Waals surface area contributed by atoms with Crippen molar-refractivity contribution in [3.63, 3.8) is 0 Å². The lowest BCUT2D eigenvalue weighted by Gasteiger charge is -2.22. The van der Waals surface area contributed by atoms with Gasteiger partial charge in [0, 0.05) is 29.8 Å². The van der Waals surface area contributed by atoms with Crippen LogP contribution in [0.4, 0.5) is 5.82 Å². The van der Waals surface area contributed by atoms with Crippen LogP contribution in [0.3, 0.4) is 0 Å². The van der Waals surface area contributed by atoms with E-state index in [4.69, 9.17) is 15.8 Å². The average molecular weight is 285 g/mol. The molecule has 5 heteroatoms. The fourth-order valence-corrected chi connectivity index (χ4v) is 3.40. The van der Waals surface area contributed by atoms with Crippen LogP contribution >= 0.6 is 0 Å². The molecule has 2 aliphatic rings. The van der Waals surface area contributed by atoms with Crippen LogP contribution in [-0.2, 0) is 12.8 Å². The van der Waals surface area contributed by atoms with E-state index in [-0.39, 0.29) is 0 Å². The summed E-state index contributed by atoms with van der Waals surface area (Å²) >= 11 is 0. The summed E-state index contributed by atoms with van der Waals surface area (Å²) in [6.07, 6.45) is 8.29. The van der Waals surface area contributed by atoms with Crippen LogP contribution in [0.25, 0.3) is 5.65 Å². The Bertz CT molecular complexity index is 656. The van der Waals surface area contributed by atoms with Gasteiger partial charge in [-0.1, -0.05) is 6.42 Å². The van der Waals surface area contributed by atoms with Crippen LogP contribution in [0.5, 0.6) is 0 Å². The first-order valence-corrected chi connectivity index (χ1v) is 8.22. The smallest absolute Gasteiger partial charge is 0.157 e. The lowest BCUT2D eigenvalue weighted by Crippen LogP contribution is -2.14. The Morgan fingerprint density at radius 3 is 2.95 bits per heavy atom. The molecule has 2 heterocycles. The van der Waals surface area contributed by atoms with Crippen molar-refractivity contribution < 1.29 is 0 Å². The van der Waals surface area contributed by atoms with E-state index < -0.39 is 0 Å². The molecule has 4 rings (SSSR count). The molecule has 0 unspecified atom stereocenters. The van der Waals surface area contributed by atoms with Gasteiger partial charge >= 0.3 is 0 Å². The average Bonchev–Trinajstić information content (AvgIpc) is 3.02. The molecule has 112 valence electrons. The topological polar surface area (TPSA) is 68.2 Å². The van der Waals surface area contributed by atoms with Crippen molar-refractivity contribution in [3.8, 4) is 0 Å². The van der Waals surface area contributed by atoms with Crippen LogP contribution in [-0.4, -0.2) is 27.7 Å². The molecule has 0 radical (unpaired) electrons. The Labute approximate surface area is 124 Å². The molecule has 0 spiro atoms. The number of hydrogen-bond donors (Lipinski definition) is 2. The zero-order chi connectivity index (χ0) is 14.2. The Morgan fingerprint density at radius 1 is 1.29 bits per heavy atom. The van der Waals surface area contributed by atoms with E-state index in [9.17, 15) is 0 Å². The number of fused-ring (bicyclic) bond motifs is 2. The number of nitrogens with zero attached hydrogens (tertiary/aromatic N) is 3. The quantitative estimate of drug-likeness (QED) is 0.827. The predicted octanol–water partition coefficient (Wildman–Crippen LogP) is 2.25. The molecule has 0 atom stereocenters. The van der Waals surface area contributed by atoms with Crippen molar-refractivity contribution in [1.29, 1.82) is 0 Å². The number of nitrogens with one attached hydrogen (secondary N) is 1. The largest absolute Gasteiger partial charge is 0.370 e. The van der Waals surface area contributed by atoms with E-state index in [0.29, 0.717) is 5.92 Å².